The van der Waals surface area contributed by atoms with Gasteiger partial charge in [0, 0.05) is 6.32 Å². The van der Waals surface area contributed by atoms with Gasteiger partial charge in [0.25, 0.3) is 8.32 Å². The molecule has 0 unspecified atom stereocenters. The van der Waals surface area contributed by atoms with E-state index in [0.29, 0.717) is 17.9 Å². The molecule has 238 valence electrons. The SMILES string of the molecule is CC/C(=C\c1ccc(O)cc1Cl)CC[C@H]1OB(O)C[C@H]2C1=C(CO[Si](c1ccccc1)(c1ccccc1)C(C)(C)C)CS2(=O)=O. The van der Waals surface area contributed by atoms with E-state index in [1.807, 2.05) is 42.5 Å². The topological polar surface area (TPSA) is 93.1 Å². The number of fused-ring (bicyclic) bond motifs is 1. The quantitative estimate of drug-likeness (QED) is 0.199. The highest BCUT2D eigenvalue weighted by atomic mass is 35.5. The fourth-order valence-corrected chi connectivity index (χ4v) is 13.8. The van der Waals surface area contributed by atoms with Crippen LogP contribution in [0, 0.1) is 0 Å². The van der Waals surface area contributed by atoms with Gasteiger partial charge in [0.15, 0.2) is 9.84 Å². The third-order valence-electron chi connectivity index (χ3n) is 9.05. The first-order chi connectivity index (χ1) is 21.4. The summed E-state index contributed by atoms with van der Waals surface area (Å²) >= 11 is 6.37. The largest absolute Gasteiger partial charge is 0.508 e. The van der Waals surface area contributed by atoms with E-state index in [1.165, 1.54) is 6.07 Å². The van der Waals surface area contributed by atoms with Crippen LogP contribution in [0.1, 0.15) is 52.5 Å². The molecule has 2 heterocycles. The van der Waals surface area contributed by atoms with Crippen molar-refractivity contribution in [3.63, 3.8) is 0 Å². The van der Waals surface area contributed by atoms with E-state index in [4.69, 9.17) is 20.7 Å². The molecule has 10 heteroatoms. The Hall–Kier alpha value is -2.66. The minimum atomic E-state index is -3.53. The fourth-order valence-electron chi connectivity index (χ4n) is 6.88. The summed E-state index contributed by atoms with van der Waals surface area (Å²) in [5.41, 5.74) is 3.40. The maximum atomic E-state index is 13.6. The molecule has 6 nitrogen and oxygen atoms in total. The van der Waals surface area contributed by atoms with Crippen molar-refractivity contribution in [3.05, 3.63) is 106 Å². The van der Waals surface area contributed by atoms with E-state index in [2.05, 4.69) is 52.0 Å². The summed E-state index contributed by atoms with van der Waals surface area (Å²) in [7, 11) is -7.60. The molecule has 1 fully saturated rings. The summed E-state index contributed by atoms with van der Waals surface area (Å²) in [5, 5.41) is 22.1. The molecule has 3 aromatic carbocycles. The Morgan fingerprint density at radius 1 is 1.07 bits per heavy atom. The van der Waals surface area contributed by atoms with Crippen molar-refractivity contribution >= 4 is 53.3 Å². The number of allylic oxidation sites excluding steroid dienone is 1. The number of benzene rings is 3. The van der Waals surface area contributed by atoms with Gasteiger partial charge in [-0.05, 0) is 69.6 Å². The van der Waals surface area contributed by atoms with Crippen LogP contribution in [0.3, 0.4) is 0 Å². The Kier molecular flexibility index (Phi) is 10.2. The molecule has 0 radical (unpaired) electrons. The second-order valence-electron chi connectivity index (χ2n) is 13.0. The lowest BCUT2D eigenvalue weighted by atomic mass is 9.74. The second-order valence-corrected chi connectivity index (χ2v) is 19.9. The van der Waals surface area contributed by atoms with Gasteiger partial charge in [-0.25, -0.2) is 8.42 Å². The van der Waals surface area contributed by atoms with Crippen molar-refractivity contribution < 1.29 is 27.6 Å². The predicted octanol–water partition coefficient (Wildman–Crippen LogP) is 6.17. The molecule has 0 spiro atoms. The average Bonchev–Trinajstić information content (AvgIpc) is 3.26. The van der Waals surface area contributed by atoms with E-state index < -0.39 is 36.6 Å². The number of phenolic OH excluding ortho intramolecular Hbond substituents is 1. The Balaban J connectivity index is 1.50. The standard InChI is InChI=1S/C35H42BClO6SSi/c1-5-25(20-26-17-18-28(38)21-31(26)37)16-19-32-34-27(24-44(40,41)33(34)22-36(39)43-32)23-42-45(35(2,3)4,29-12-8-6-9-13-29)30-14-10-7-11-15-30/h6-15,17-18,20-21,32-33,38-39H,5,16,19,22-24H2,1-4H3/b25-20+/t32-,33+/m1/s1. The van der Waals surface area contributed by atoms with Gasteiger partial charge in [0.2, 0.25) is 0 Å². The Labute approximate surface area is 273 Å². The number of aromatic hydroxyl groups is 1. The first-order valence-corrected chi connectivity index (χ1v) is 19.6. The minimum absolute atomic E-state index is 0.0243. The van der Waals surface area contributed by atoms with Crippen LogP contribution in [0.5, 0.6) is 5.75 Å². The molecule has 0 aliphatic carbocycles. The van der Waals surface area contributed by atoms with E-state index in [0.717, 1.165) is 39.1 Å². The van der Waals surface area contributed by atoms with Crippen LogP contribution in [0.4, 0.5) is 0 Å². The zero-order chi connectivity index (χ0) is 32.4. The lowest BCUT2D eigenvalue weighted by Gasteiger charge is -2.43. The molecule has 45 heavy (non-hydrogen) atoms. The highest BCUT2D eigenvalue weighted by Crippen LogP contribution is 2.42. The number of sulfone groups is 1. The number of hydrogen-bond acceptors (Lipinski definition) is 6. The molecule has 2 aliphatic rings. The van der Waals surface area contributed by atoms with Crippen LogP contribution >= 0.6 is 11.6 Å². The molecule has 2 atom stereocenters. The summed E-state index contributed by atoms with van der Waals surface area (Å²) in [6, 6.07) is 25.5. The molecule has 0 aromatic heterocycles. The lowest BCUT2D eigenvalue weighted by Crippen LogP contribution is -2.66. The highest BCUT2D eigenvalue weighted by molar-refractivity contribution is 7.92. The van der Waals surface area contributed by atoms with E-state index in [1.54, 1.807) is 12.1 Å². The normalized spacial score (nSPS) is 20.4. The Morgan fingerprint density at radius 3 is 2.24 bits per heavy atom. The maximum absolute atomic E-state index is 13.6. The third-order valence-corrected chi connectivity index (χ3v) is 16.4. The highest BCUT2D eigenvalue weighted by Gasteiger charge is 2.52. The van der Waals surface area contributed by atoms with Crippen molar-refractivity contribution in [1.29, 1.82) is 0 Å². The van der Waals surface area contributed by atoms with Crippen LogP contribution in [-0.2, 0) is 18.9 Å². The molecule has 0 amide bonds. The molecular weight excluding hydrogens is 623 g/mol. The number of phenols is 1. The fraction of sp³-hybridized carbons (Fsp3) is 0.371. The van der Waals surface area contributed by atoms with Crippen molar-refractivity contribution in [2.75, 3.05) is 12.4 Å². The average molecular weight is 665 g/mol. The summed E-state index contributed by atoms with van der Waals surface area (Å²) in [6.45, 7) is 8.84. The van der Waals surface area contributed by atoms with Gasteiger partial charge in [-0.1, -0.05) is 112 Å². The third kappa shape index (κ3) is 7.04. The van der Waals surface area contributed by atoms with E-state index in [9.17, 15) is 18.5 Å². The maximum Gasteiger partial charge on any atom is 0.456 e. The van der Waals surface area contributed by atoms with Gasteiger partial charge in [-0.3, -0.25) is 0 Å². The second kappa shape index (κ2) is 13.6. The summed E-state index contributed by atoms with van der Waals surface area (Å²) in [6.07, 6.45) is 3.37. The smallest absolute Gasteiger partial charge is 0.456 e. The van der Waals surface area contributed by atoms with Gasteiger partial charge in [0.1, 0.15) is 5.75 Å². The first kappa shape index (κ1) is 33.7. The van der Waals surface area contributed by atoms with Gasteiger partial charge in [-0.15, -0.1) is 0 Å². The van der Waals surface area contributed by atoms with Crippen LogP contribution in [0.25, 0.3) is 6.08 Å². The number of halogens is 1. The molecule has 0 bridgehead atoms. The van der Waals surface area contributed by atoms with Gasteiger partial charge >= 0.3 is 7.12 Å². The monoisotopic (exact) mass is 664 g/mol. The predicted molar refractivity (Wildman–Crippen MR) is 186 cm³/mol. The molecule has 3 aromatic rings. The van der Waals surface area contributed by atoms with E-state index in [-0.39, 0.29) is 29.5 Å². The first-order valence-electron chi connectivity index (χ1n) is 15.6. The number of rotatable bonds is 10. The van der Waals surface area contributed by atoms with Crippen molar-refractivity contribution in [2.24, 2.45) is 0 Å². The van der Waals surface area contributed by atoms with Crippen LogP contribution in [0.2, 0.25) is 16.4 Å². The molecule has 1 saturated heterocycles. The molecule has 2 N–H and O–H groups in total. The summed E-state index contributed by atoms with van der Waals surface area (Å²) in [4.78, 5) is 0. The van der Waals surface area contributed by atoms with Gasteiger partial charge < -0.3 is 19.2 Å². The van der Waals surface area contributed by atoms with Gasteiger partial charge in [0.05, 0.1) is 28.7 Å². The molecule has 5 rings (SSSR count). The van der Waals surface area contributed by atoms with E-state index >= 15 is 0 Å². The van der Waals surface area contributed by atoms with Crippen LogP contribution < -0.4 is 10.4 Å². The summed E-state index contributed by atoms with van der Waals surface area (Å²) < 4.78 is 40.4. The van der Waals surface area contributed by atoms with Crippen molar-refractivity contribution in [1.82, 2.24) is 0 Å². The van der Waals surface area contributed by atoms with Crippen molar-refractivity contribution in [3.8, 4) is 5.75 Å². The lowest BCUT2D eigenvalue weighted by molar-refractivity contribution is 0.168. The Morgan fingerprint density at radius 2 is 1.69 bits per heavy atom. The zero-order valence-corrected chi connectivity index (χ0v) is 28.9. The Bertz CT molecular complexity index is 1630. The van der Waals surface area contributed by atoms with Crippen molar-refractivity contribution in [2.45, 2.75) is 69.7 Å². The number of hydrogen-bond donors (Lipinski definition) is 2. The molecular formula is C35H42BClO6SSi. The summed E-state index contributed by atoms with van der Waals surface area (Å²) in [5.74, 6) is 0.00483. The minimum Gasteiger partial charge on any atom is -0.508 e. The van der Waals surface area contributed by atoms with Crippen LogP contribution in [0.15, 0.2) is 95.6 Å². The van der Waals surface area contributed by atoms with Gasteiger partial charge in [-0.2, -0.15) is 0 Å². The molecule has 2 aliphatic heterocycles. The molecule has 0 saturated carbocycles. The van der Waals surface area contributed by atoms with Crippen LogP contribution in [-0.4, -0.2) is 57.7 Å². The zero-order valence-electron chi connectivity index (χ0n) is 26.4.